The third kappa shape index (κ3) is 47.9. The maximum absolute atomic E-state index is 10.7. The van der Waals surface area contributed by atoms with E-state index >= 15 is 0 Å². The standard InChI is InChI=1S/C6H13NO.C6H12O2.C5H11NO.C5H10O2.C3H7NO.C3H6O2/c1-6(2,3)5(8)7-4;1-6(2,3)5(7)8-4;1-4(2)5(7)6-3;1-4(2)5(6)7-3;1-3(5)4-2;1-3(4)5-2/h1-4H3,(H,7,8);1-4H3;4H,1-3H3,(H,6,7);4H,1-3H3;1-2H3,(H,4,5);1-2H3. The summed E-state index contributed by atoms with van der Waals surface area (Å²) >= 11 is 0. The molecule has 0 aliphatic heterocycles. The normalized spacial score (nSPS) is 9.30. The number of hydrogen-bond acceptors (Lipinski definition) is 9. The molecule has 0 aromatic heterocycles. The topological polar surface area (TPSA) is 166 Å². The van der Waals surface area contributed by atoms with E-state index in [-0.39, 0.29) is 58.3 Å². The summed E-state index contributed by atoms with van der Waals surface area (Å²) in [5.41, 5.74) is -0.594. The van der Waals surface area contributed by atoms with Gasteiger partial charge in [0, 0.05) is 46.3 Å². The summed E-state index contributed by atoms with van der Waals surface area (Å²) in [7, 11) is 9.02. The van der Waals surface area contributed by atoms with Crippen molar-refractivity contribution in [1.29, 1.82) is 0 Å². The Morgan fingerprint density at radius 1 is 0.575 bits per heavy atom. The van der Waals surface area contributed by atoms with Crippen molar-refractivity contribution in [3.63, 3.8) is 0 Å². The van der Waals surface area contributed by atoms with E-state index in [9.17, 15) is 28.8 Å². The molecule has 0 aromatic rings. The molecule has 240 valence electrons. The van der Waals surface area contributed by atoms with Gasteiger partial charge in [-0.25, -0.2) is 0 Å². The molecule has 40 heavy (non-hydrogen) atoms. The number of esters is 3. The van der Waals surface area contributed by atoms with Gasteiger partial charge >= 0.3 is 17.9 Å². The van der Waals surface area contributed by atoms with Crippen molar-refractivity contribution in [2.75, 3.05) is 42.5 Å². The Morgan fingerprint density at radius 3 is 0.925 bits per heavy atom. The molecular formula is C28H59N3O9. The number of carbonyl (C=O) groups is 6. The van der Waals surface area contributed by atoms with Gasteiger partial charge in [0.25, 0.3) is 0 Å². The molecule has 0 fully saturated rings. The summed E-state index contributed by atoms with van der Waals surface area (Å²) in [4.78, 5) is 61.3. The molecule has 0 aliphatic rings. The molecule has 0 aliphatic carbocycles. The van der Waals surface area contributed by atoms with Crippen molar-refractivity contribution in [3.8, 4) is 0 Å². The zero-order valence-electron chi connectivity index (χ0n) is 28.3. The van der Waals surface area contributed by atoms with E-state index < -0.39 is 0 Å². The van der Waals surface area contributed by atoms with Gasteiger partial charge in [-0.3, -0.25) is 28.8 Å². The molecule has 0 saturated carbocycles. The molecule has 0 aromatic carbocycles. The Morgan fingerprint density at radius 2 is 0.925 bits per heavy atom. The summed E-state index contributed by atoms with van der Waals surface area (Å²) in [6.07, 6.45) is 0. The molecule has 0 unspecified atom stereocenters. The second-order valence-corrected chi connectivity index (χ2v) is 10.5. The minimum Gasteiger partial charge on any atom is -0.469 e. The van der Waals surface area contributed by atoms with Gasteiger partial charge in [0.1, 0.15) is 0 Å². The summed E-state index contributed by atoms with van der Waals surface area (Å²) < 4.78 is 13.0. The van der Waals surface area contributed by atoms with Crippen molar-refractivity contribution in [2.24, 2.45) is 22.7 Å². The maximum atomic E-state index is 10.7. The summed E-state index contributed by atoms with van der Waals surface area (Å²) in [6, 6.07) is 0. The number of methoxy groups -OCH3 is 3. The summed E-state index contributed by atoms with van der Waals surface area (Å²) in [5, 5.41) is 7.48. The monoisotopic (exact) mass is 581 g/mol. The van der Waals surface area contributed by atoms with Gasteiger partial charge in [0.05, 0.1) is 32.7 Å². The lowest BCUT2D eigenvalue weighted by molar-refractivity contribution is -0.149. The van der Waals surface area contributed by atoms with Crippen LogP contribution >= 0.6 is 0 Å². The average molecular weight is 582 g/mol. The zero-order valence-corrected chi connectivity index (χ0v) is 28.3. The van der Waals surface area contributed by atoms with Gasteiger partial charge < -0.3 is 30.2 Å². The smallest absolute Gasteiger partial charge is 0.310 e. The molecule has 0 rings (SSSR count). The first-order valence-corrected chi connectivity index (χ1v) is 12.7. The Labute approximate surface area is 243 Å². The number of carbonyl (C=O) groups excluding carboxylic acids is 6. The molecule has 0 atom stereocenters. The number of amides is 3. The van der Waals surface area contributed by atoms with Crippen molar-refractivity contribution in [3.05, 3.63) is 0 Å². The van der Waals surface area contributed by atoms with Gasteiger partial charge in [-0.15, -0.1) is 0 Å². The zero-order chi connectivity index (χ0) is 33.9. The molecule has 12 heteroatoms. The van der Waals surface area contributed by atoms with Crippen LogP contribution in [0.3, 0.4) is 0 Å². The molecule has 0 saturated heterocycles. The van der Waals surface area contributed by atoms with Crippen molar-refractivity contribution >= 4 is 35.6 Å². The van der Waals surface area contributed by atoms with Crippen LogP contribution in [0.25, 0.3) is 0 Å². The molecule has 12 nitrogen and oxygen atoms in total. The number of nitrogens with one attached hydrogen (secondary N) is 3. The minimum atomic E-state index is -0.352. The highest BCUT2D eigenvalue weighted by atomic mass is 16.5. The largest absolute Gasteiger partial charge is 0.469 e. The predicted molar refractivity (Wildman–Crippen MR) is 158 cm³/mol. The molecule has 0 spiro atoms. The van der Waals surface area contributed by atoms with E-state index in [1.165, 1.54) is 35.2 Å². The van der Waals surface area contributed by atoms with Gasteiger partial charge in [-0.1, -0.05) is 48.5 Å². The van der Waals surface area contributed by atoms with Crippen LogP contribution in [0.4, 0.5) is 0 Å². The first kappa shape index (κ1) is 49.7. The molecule has 3 N–H and O–H groups in total. The number of ether oxygens (including phenoxy) is 3. The minimum absolute atomic E-state index is 0.00463. The van der Waals surface area contributed by atoms with E-state index in [2.05, 4.69) is 30.2 Å². The van der Waals surface area contributed by atoms with Crippen LogP contribution in [0.1, 0.15) is 83.1 Å². The molecule has 0 bridgehead atoms. The fraction of sp³-hybridized carbons (Fsp3) is 0.786. The van der Waals surface area contributed by atoms with Crippen molar-refractivity contribution < 1.29 is 43.0 Å². The van der Waals surface area contributed by atoms with E-state index in [0.29, 0.717) is 0 Å². The van der Waals surface area contributed by atoms with E-state index in [0.717, 1.165) is 0 Å². The van der Waals surface area contributed by atoms with Crippen molar-refractivity contribution in [2.45, 2.75) is 83.1 Å². The van der Waals surface area contributed by atoms with E-state index in [1.807, 2.05) is 55.4 Å². The first-order chi connectivity index (χ1) is 17.9. The lowest BCUT2D eigenvalue weighted by Crippen LogP contribution is -2.31. The third-order valence-corrected chi connectivity index (χ3v) is 3.79. The van der Waals surface area contributed by atoms with Gasteiger partial charge in [-0.05, 0) is 20.8 Å². The van der Waals surface area contributed by atoms with Gasteiger partial charge in [-0.2, -0.15) is 0 Å². The third-order valence-electron chi connectivity index (χ3n) is 3.79. The molecule has 0 radical (unpaired) electrons. The van der Waals surface area contributed by atoms with Crippen molar-refractivity contribution in [1.82, 2.24) is 16.0 Å². The van der Waals surface area contributed by atoms with Gasteiger partial charge in [0.15, 0.2) is 0 Å². The predicted octanol–water partition coefficient (Wildman–Crippen LogP) is 3.12. The number of hydrogen-bond donors (Lipinski definition) is 3. The Kier molecular flexibility index (Phi) is 35.8. The molecular weight excluding hydrogens is 522 g/mol. The maximum Gasteiger partial charge on any atom is 0.310 e. The fourth-order valence-corrected chi connectivity index (χ4v) is 1.21. The van der Waals surface area contributed by atoms with Crippen LogP contribution in [0.5, 0.6) is 0 Å². The lowest BCUT2D eigenvalue weighted by Gasteiger charge is -2.14. The van der Waals surface area contributed by atoms with Crippen LogP contribution in [0, 0.1) is 22.7 Å². The van der Waals surface area contributed by atoms with Crippen LogP contribution in [0.15, 0.2) is 0 Å². The van der Waals surface area contributed by atoms with Gasteiger partial charge in [0.2, 0.25) is 17.7 Å². The van der Waals surface area contributed by atoms with E-state index in [4.69, 9.17) is 0 Å². The van der Waals surface area contributed by atoms with Crippen LogP contribution in [0.2, 0.25) is 0 Å². The lowest BCUT2D eigenvalue weighted by atomic mass is 9.96. The Hall–Kier alpha value is -3.18. The van der Waals surface area contributed by atoms with Crippen LogP contribution in [-0.2, 0) is 43.0 Å². The Balaban J connectivity index is -0.0000000875. The quantitative estimate of drug-likeness (QED) is 0.328. The molecule has 3 amide bonds. The highest BCUT2D eigenvalue weighted by molar-refractivity contribution is 5.81. The second kappa shape index (κ2) is 28.8. The highest BCUT2D eigenvalue weighted by Gasteiger charge is 2.21. The van der Waals surface area contributed by atoms with E-state index in [1.54, 1.807) is 35.0 Å². The summed E-state index contributed by atoms with van der Waals surface area (Å²) in [6.45, 7) is 21.2. The van der Waals surface area contributed by atoms with Crippen LogP contribution < -0.4 is 16.0 Å². The SMILES string of the molecule is CNC(=O)C(C)(C)C.CNC(=O)C(C)C.CNC(C)=O.COC(=O)C(C)(C)C.COC(=O)C(C)C.COC(C)=O. The highest BCUT2D eigenvalue weighted by Crippen LogP contribution is 2.13. The van der Waals surface area contributed by atoms with Crippen LogP contribution in [-0.4, -0.2) is 78.1 Å². The second-order valence-electron chi connectivity index (χ2n) is 10.5. The Bertz CT molecular complexity index is 647. The number of rotatable bonds is 2. The molecule has 0 heterocycles. The average Bonchev–Trinajstić information content (AvgIpc) is 2.86. The summed E-state index contributed by atoms with van der Waals surface area (Å²) in [5.74, 6) is -0.264. The fourth-order valence-electron chi connectivity index (χ4n) is 1.21. The first-order valence-electron chi connectivity index (χ1n) is 12.7.